The molecule has 1 aromatic heterocycles. The van der Waals surface area contributed by atoms with E-state index in [9.17, 15) is 9.59 Å². The summed E-state index contributed by atoms with van der Waals surface area (Å²) < 4.78 is 0. The lowest BCUT2D eigenvalue weighted by atomic mass is 9.98. The average molecular weight is 372 g/mol. The van der Waals surface area contributed by atoms with Gasteiger partial charge < -0.3 is 10.6 Å². The third-order valence-corrected chi connectivity index (χ3v) is 4.71. The van der Waals surface area contributed by atoms with Gasteiger partial charge in [0.25, 0.3) is 0 Å². The highest BCUT2D eigenvalue weighted by molar-refractivity contribution is 6.09. The van der Waals surface area contributed by atoms with Gasteiger partial charge in [-0.25, -0.2) is 9.97 Å². The molecule has 28 heavy (non-hydrogen) atoms. The number of amides is 1. The van der Waals surface area contributed by atoms with Crippen LogP contribution in [0.3, 0.4) is 0 Å². The normalized spacial score (nSPS) is 12.6. The van der Waals surface area contributed by atoms with Crippen LogP contribution in [-0.2, 0) is 11.2 Å². The summed E-state index contributed by atoms with van der Waals surface area (Å²) in [7, 11) is 0. The Kier molecular flexibility index (Phi) is 4.61. The van der Waals surface area contributed by atoms with E-state index in [-0.39, 0.29) is 11.7 Å². The van der Waals surface area contributed by atoms with Crippen molar-refractivity contribution < 1.29 is 9.59 Å². The molecule has 0 atom stereocenters. The van der Waals surface area contributed by atoms with E-state index in [2.05, 4.69) is 20.6 Å². The van der Waals surface area contributed by atoms with E-state index < -0.39 is 0 Å². The highest BCUT2D eigenvalue weighted by Crippen LogP contribution is 2.36. The van der Waals surface area contributed by atoms with Gasteiger partial charge in [0.05, 0.1) is 11.4 Å². The molecule has 0 unspecified atom stereocenters. The number of nitrogens with one attached hydrogen (secondary N) is 2. The summed E-state index contributed by atoms with van der Waals surface area (Å²) in [6.45, 7) is 3.47. The number of anilines is 3. The van der Waals surface area contributed by atoms with Gasteiger partial charge in [0.15, 0.2) is 5.78 Å². The second kappa shape index (κ2) is 7.23. The summed E-state index contributed by atoms with van der Waals surface area (Å²) >= 11 is 0. The number of aryl methyl sites for hydroxylation is 1. The van der Waals surface area contributed by atoms with Crippen LogP contribution in [0.25, 0.3) is 11.3 Å². The van der Waals surface area contributed by atoms with Gasteiger partial charge in [-0.2, -0.15) is 0 Å². The summed E-state index contributed by atoms with van der Waals surface area (Å²) in [5.74, 6) is 0.348. The van der Waals surface area contributed by atoms with Crippen LogP contribution in [0.15, 0.2) is 48.7 Å². The highest BCUT2D eigenvalue weighted by Gasteiger charge is 2.27. The monoisotopic (exact) mass is 372 g/mol. The van der Waals surface area contributed by atoms with Crippen molar-refractivity contribution in [1.29, 1.82) is 0 Å². The molecule has 0 saturated heterocycles. The SMILES string of the molecule is CC(=O)Nc1ccc(-c2ccnc(Nc3cccc(C)c3)n2)c2c1C(=O)CC2. The first kappa shape index (κ1) is 17.9. The van der Waals surface area contributed by atoms with Crippen LogP contribution in [0.1, 0.15) is 34.8 Å². The first-order valence-electron chi connectivity index (χ1n) is 9.15. The summed E-state index contributed by atoms with van der Waals surface area (Å²) in [5, 5.41) is 5.98. The number of fused-ring (bicyclic) bond motifs is 1. The Labute approximate surface area is 163 Å². The Morgan fingerprint density at radius 1 is 1.11 bits per heavy atom. The molecule has 1 aliphatic carbocycles. The van der Waals surface area contributed by atoms with Gasteiger partial charge in [-0.3, -0.25) is 9.59 Å². The number of hydrogen-bond donors (Lipinski definition) is 2. The van der Waals surface area contributed by atoms with Crippen molar-refractivity contribution in [3.63, 3.8) is 0 Å². The smallest absolute Gasteiger partial charge is 0.227 e. The summed E-state index contributed by atoms with van der Waals surface area (Å²) in [4.78, 5) is 32.8. The lowest BCUT2D eigenvalue weighted by molar-refractivity contribution is -0.114. The minimum absolute atomic E-state index is 0.0489. The molecule has 140 valence electrons. The number of aromatic nitrogens is 2. The minimum atomic E-state index is -0.193. The Bertz CT molecular complexity index is 1090. The predicted molar refractivity (Wildman–Crippen MR) is 109 cm³/mol. The van der Waals surface area contributed by atoms with Gasteiger partial charge in [-0.15, -0.1) is 0 Å². The molecule has 2 aromatic carbocycles. The van der Waals surface area contributed by atoms with Crippen LogP contribution in [0.5, 0.6) is 0 Å². The lowest BCUT2D eigenvalue weighted by Gasteiger charge is -2.13. The minimum Gasteiger partial charge on any atom is -0.326 e. The molecule has 3 aromatic rings. The summed E-state index contributed by atoms with van der Waals surface area (Å²) in [6.07, 6.45) is 2.78. The Morgan fingerprint density at radius 2 is 1.96 bits per heavy atom. The lowest BCUT2D eigenvalue weighted by Crippen LogP contribution is -2.10. The maximum Gasteiger partial charge on any atom is 0.227 e. The fourth-order valence-electron chi connectivity index (χ4n) is 3.54. The molecule has 4 rings (SSSR count). The highest BCUT2D eigenvalue weighted by atomic mass is 16.1. The molecule has 0 bridgehead atoms. The first-order valence-corrected chi connectivity index (χ1v) is 9.15. The first-order chi connectivity index (χ1) is 13.5. The molecule has 1 amide bonds. The number of benzene rings is 2. The van der Waals surface area contributed by atoms with Crippen LogP contribution in [-0.4, -0.2) is 21.7 Å². The second-order valence-corrected chi connectivity index (χ2v) is 6.88. The molecule has 6 heteroatoms. The average Bonchev–Trinajstić information content (AvgIpc) is 3.04. The van der Waals surface area contributed by atoms with Crippen molar-refractivity contribution in [1.82, 2.24) is 9.97 Å². The van der Waals surface area contributed by atoms with Crippen molar-refractivity contribution in [3.8, 4) is 11.3 Å². The van der Waals surface area contributed by atoms with E-state index >= 15 is 0 Å². The standard InChI is InChI=1S/C22H20N4O2/c1-13-4-3-5-15(12-13)25-22-23-11-10-18(26-22)16-6-8-19(24-14(2)27)21-17(16)7-9-20(21)28/h3-6,8,10-12H,7,9H2,1-2H3,(H,24,27)(H,23,25,26). The van der Waals surface area contributed by atoms with E-state index in [1.165, 1.54) is 6.92 Å². The molecule has 0 spiro atoms. The van der Waals surface area contributed by atoms with Crippen LogP contribution >= 0.6 is 0 Å². The number of carbonyl (C=O) groups is 2. The Balaban J connectivity index is 1.72. The van der Waals surface area contributed by atoms with Crippen molar-refractivity contribution in [3.05, 3.63) is 65.4 Å². The van der Waals surface area contributed by atoms with E-state index in [0.29, 0.717) is 30.0 Å². The molecule has 1 heterocycles. The number of hydrogen-bond acceptors (Lipinski definition) is 5. The van der Waals surface area contributed by atoms with Gasteiger partial charge in [0.2, 0.25) is 11.9 Å². The van der Waals surface area contributed by atoms with Crippen molar-refractivity contribution in [2.24, 2.45) is 0 Å². The fourth-order valence-corrected chi connectivity index (χ4v) is 3.54. The molecule has 0 radical (unpaired) electrons. The largest absolute Gasteiger partial charge is 0.326 e. The third kappa shape index (κ3) is 3.49. The maximum atomic E-state index is 12.4. The van der Waals surface area contributed by atoms with E-state index in [1.54, 1.807) is 12.3 Å². The van der Waals surface area contributed by atoms with Crippen molar-refractivity contribution in [2.45, 2.75) is 26.7 Å². The topological polar surface area (TPSA) is 84.0 Å². The van der Waals surface area contributed by atoms with Gasteiger partial charge in [0.1, 0.15) is 0 Å². The zero-order chi connectivity index (χ0) is 19.7. The van der Waals surface area contributed by atoms with Gasteiger partial charge >= 0.3 is 0 Å². The molecule has 0 aliphatic heterocycles. The summed E-state index contributed by atoms with van der Waals surface area (Å²) in [5.41, 5.74) is 5.79. The maximum absolute atomic E-state index is 12.4. The molecular weight excluding hydrogens is 352 g/mol. The fraction of sp³-hybridized carbons (Fsp3) is 0.182. The van der Waals surface area contributed by atoms with E-state index in [4.69, 9.17) is 0 Å². The second-order valence-electron chi connectivity index (χ2n) is 6.88. The van der Waals surface area contributed by atoms with E-state index in [1.807, 2.05) is 43.3 Å². The van der Waals surface area contributed by atoms with Crippen LogP contribution in [0, 0.1) is 6.92 Å². The number of Topliss-reactive ketones (excluding diaryl/α,β-unsaturated/α-hetero) is 1. The van der Waals surface area contributed by atoms with Crippen LogP contribution in [0.2, 0.25) is 0 Å². The quantitative estimate of drug-likeness (QED) is 0.714. The van der Waals surface area contributed by atoms with Gasteiger partial charge in [-0.1, -0.05) is 18.2 Å². The number of rotatable bonds is 4. The molecule has 6 nitrogen and oxygen atoms in total. The molecule has 1 aliphatic rings. The number of nitrogens with zero attached hydrogens (tertiary/aromatic N) is 2. The number of carbonyl (C=O) groups excluding carboxylic acids is 2. The molecule has 0 saturated carbocycles. The Hall–Kier alpha value is -3.54. The Morgan fingerprint density at radius 3 is 2.75 bits per heavy atom. The zero-order valence-corrected chi connectivity index (χ0v) is 15.7. The number of ketones is 1. The van der Waals surface area contributed by atoms with Gasteiger partial charge in [-0.05, 0) is 48.7 Å². The van der Waals surface area contributed by atoms with Crippen molar-refractivity contribution in [2.75, 3.05) is 10.6 Å². The third-order valence-electron chi connectivity index (χ3n) is 4.71. The van der Waals surface area contributed by atoms with Crippen molar-refractivity contribution >= 4 is 29.0 Å². The molecular formula is C22H20N4O2. The molecule has 0 fully saturated rings. The van der Waals surface area contributed by atoms with Crippen LogP contribution < -0.4 is 10.6 Å². The van der Waals surface area contributed by atoms with Crippen LogP contribution in [0.4, 0.5) is 17.3 Å². The van der Waals surface area contributed by atoms with E-state index in [0.717, 1.165) is 28.1 Å². The van der Waals surface area contributed by atoms with Gasteiger partial charge in [0, 0.05) is 36.4 Å². The summed E-state index contributed by atoms with van der Waals surface area (Å²) in [6, 6.07) is 13.5. The predicted octanol–water partition coefficient (Wildman–Crippen LogP) is 4.28. The zero-order valence-electron chi connectivity index (χ0n) is 15.7. The molecule has 2 N–H and O–H groups in total.